The first kappa shape index (κ1) is 42.6. The van der Waals surface area contributed by atoms with Crippen LogP contribution < -0.4 is 21.3 Å². The van der Waals surface area contributed by atoms with Gasteiger partial charge in [-0.25, -0.2) is 0 Å². The lowest BCUT2D eigenvalue weighted by Crippen LogP contribution is -2.62. The predicted molar refractivity (Wildman–Crippen MR) is 189 cm³/mol. The van der Waals surface area contributed by atoms with E-state index in [2.05, 4.69) is 21.3 Å². The first-order chi connectivity index (χ1) is 24.7. The summed E-state index contributed by atoms with van der Waals surface area (Å²) in [4.78, 5) is 95.0. The molecule has 16 nitrogen and oxygen atoms in total. The van der Waals surface area contributed by atoms with Gasteiger partial charge in [-0.05, 0) is 63.7 Å². The number of carbonyl (C=O) groups excluding carboxylic acids is 6. The number of rotatable bonds is 17. The zero-order chi connectivity index (χ0) is 38.5. The van der Waals surface area contributed by atoms with Gasteiger partial charge in [0.2, 0.25) is 35.4 Å². The normalized spacial score (nSPS) is 22.4. The Morgan fingerprint density at radius 1 is 0.692 bits per heavy atom. The van der Waals surface area contributed by atoms with Crippen LogP contribution in [0.2, 0.25) is 0 Å². The molecule has 0 bridgehead atoms. The van der Waals surface area contributed by atoms with Gasteiger partial charge in [-0.3, -0.25) is 33.6 Å². The van der Waals surface area contributed by atoms with E-state index in [0.29, 0.717) is 38.6 Å². The van der Waals surface area contributed by atoms with E-state index >= 15 is 0 Å². The van der Waals surface area contributed by atoms with Crippen LogP contribution in [-0.2, 0) is 33.6 Å². The number of piperidine rings is 1. The van der Waals surface area contributed by atoms with Crippen LogP contribution in [0.4, 0.5) is 0 Å². The Morgan fingerprint density at radius 3 is 1.87 bits per heavy atom. The van der Waals surface area contributed by atoms with E-state index < -0.39 is 90.3 Å². The molecule has 3 aliphatic rings. The van der Waals surface area contributed by atoms with Gasteiger partial charge >= 0.3 is 5.97 Å². The lowest BCUT2D eigenvalue weighted by molar-refractivity contribution is -0.150. The smallest absolute Gasteiger partial charge is 0.305 e. The Kier molecular flexibility index (Phi) is 16.8. The molecule has 52 heavy (non-hydrogen) atoms. The SMILES string of the molecule is CCCNC(=O)[C@@H](NC(=O)[C@@H]1CCCN1C(=O)[C@H](CC(=O)O)NC(=O)[C@@H]1CCCCN1C(=O)[C@@H](NC(=O)[C@@H](O)CC1CCCCC1)C(C)C)[C@@H](C)O. The fourth-order valence-electron chi connectivity index (χ4n) is 7.41. The second-order valence-corrected chi connectivity index (χ2v) is 14.9. The molecule has 3 fully saturated rings. The Morgan fingerprint density at radius 2 is 1.27 bits per heavy atom. The molecule has 6 amide bonds. The van der Waals surface area contributed by atoms with Gasteiger partial charge in [-0.15, -0.1) is 0 Å². The monoisotopic (exact) mass is 736 g/mol. The molecule has 3 rings (SSSR count). The van der Waals surface area contributed by atoms with Gasteiger partial charge < -0.3 is 46.4 Å². The van der Waals surface area contributed by atoms with Crippen molar-refractivity contribution in [3.8, 4) is 0 Å². The Hall–Kier alpha value is -3.79. The summed E-state index contributed by atoms with van der Waals surface area (Å²) in [5.74, 6) is -5.48. The Labute approximate surface area is 306 Å². The van der Waals surface area contributed by atoms with Crippen LogP contribution in [-0.4, -0.2) is 129 Å². The minimum absolute atomic E-state index is 0.0979. The van der Waals surface area contributed by atoms with Crippen LogP contribution >= 0.6 is 0 Å². The molecule has 2 heterocycles. The molecular formula is C36H60N6O10. The molecule has 16 heteroatoms. The second-order valence-electron chi connectivity index (χ2n) is 14.9. The fourth-order valence-corrected chi connectivity index (χ4v) is 7.41. The quantitative estimate of drug-likeness (QED) is 0.107. The first-order valence-corrected chi connectivity index (χ1v) is 19.0. The number of amides is 6. The van der Waals surface area contributed by atoms with E-state index in [4.69, 9.17) is 0 Å². The number of aliphatic carboxylic acids is 1. The Bertz CT molecular complexity index is 1270. The summed E-state index contributed by atoms with van der Waals surface area (Å²) in [6.07, 6.45) is 4.84. The van der Waals surface area contributed by atoms with Crippen molar-refractivity contribution in [1.29, 1.82) is 0 Å². The number of nitrogens with one attached hydrogen (secondary N) is 4. The van der Waals surface area contributed by atoms with Gasteiger partial charge in [0.15, 0.2) is 0 Å². The third-order valence-electron chi connectivity index (χ3n) is 10.3. The van der Waals surface area contributed by atoms with Crippen molar-refractivity contribution in [3.05, 3.63) is 0 Å². The Balaban J connectivity index is 1.73. The minimum atomic E-state index is -1.56. The van der Waals surface area contributed by atoms with E-state index in [0.717, 1.165) is 32.1 Å². The molecule has 0 aromatic heterocycles. The van der Waals surface area contributed by atoms with E-state index in [1.807, 2.05) is 6.92 Å². The summed E-state index contributed by atoms with van der Waals surface area (Å²) < 4.78 is 0. The summed E-state index contributed by atoms with van der Waals surface area (Å²) in [5.41, 5.74) is 0. The molecular weight excluding hydrogens is 676 g/mol. The molecule has 1 aliphatic carbocycles. The van der Waals surface area contributed by atoms with Gasteiger partial charge in [-0.1, -0.05) is 52.9 Å². The minimum Gasteiger partial charge on any atom is -0.481 e. The maximum atomic E-state index is 14.0. The van der Waals surface area contributed by atoms with Gasteiger partial charge in [0.25, 0.3) is 0 Å². The van der Waals surface area contributed by atoms with Crippen molar-refractivity contribution >= 4 is 41.4 Å². The van der Waals surface area contributed by atoms with E-state index in [1.54, 1.807) is 13.8 Å². The molecule has 0 aromatic rings. The van der Waals surface area contributed by atoms with Crippen LogP contribution in [0.5, 0.6) is 0 Å². The number of hydrogen-bond donors (Lipinski definition) is 7. The number of carboxylic acids is 1. The summed E-state index contributed by atoms with van der Waals surface area (Å²) in [7, 11) is 0. The predicted octanol–water partition coefficient (Wildman–Crippen LogP) is 0.182. The topological polar surface area (TPSA) is 235 Å². The summed E-state index contributed by atoms with van der Waals surface area (Å²) in [6.45, 7) is 7.33. The summed E-state index contributed by atoms with van der Waals surface area (Å²) in [5, 5.41) is 40.9. The summed E-state index contributed by atoms with van der Waals surface area (Å²) >= 11 is 0. The van der Waals surface area contributed by atoms with Crippen molar-refractivity contribution in [3.63, 3.8) is 0 Å². The van der Waals surface area contributed by atoms with Gasteiger partial charge in [0.1, 0.15) is 36.3 Å². The van der Waals surface area contributed by atoms with E-state index in [9.17, 15) is 48.9 Å². The number of aliphatic hydroxyl groups is 2. The van der Waals surface area contributed by atoms with E-state index in [1.165, 1.54) is 16.7 Å². The lowest BCUT2D eigenvalue weighted by atomic mass is 9.85. The second kappa shape index (κ2) is 20.5. The molecule has 7 N–H and O–H groups in total. The first-order valence-electron chi connectivity index (χ1n) is 19.0. The van der Waals surface area contributed by atoms with Crippen molar-refractivity contribution in [1.82, 2.24) is 31.1 Å². The zero-order valence-electron chi connectivity index (χ0n) is 31.1. The highest BCUT2D eigenvalue weighted by atomic mass is 16.4. The lowest BCUT2D eigenvalue weighted by Gasteiger charge is -2.39. The zero-order valence-corrected chi connectivity index (χ0v) is 31.1. The number of nitrogens with zero attached hydrogens (tertiary/aromatic N) is 2. The molecule has 0 aromatic carbocycles. The van der Waals surface area contributed by atoms with Gasteiger partial charge in [-0.2, -0.15) is 0 Å². The highest BCUT2D eigenvalue weighted by Gasteiger charge is 2.43. The van der Waals surface area contributed by atoms with Crippen molar-refractivity contribution in [2.24, 2.45) is 11.8 Å². The number of hydrogen-bond acceptors (Lipinski definition) is 9. The maximum absolute atomic E-state index is 14.0. The van der Waals surface area contributed by atoms with Crippen LogP contribution in [0.3, 0.4) is 0 Å². The molecule has 0 radical (unpaired) electrons. The summed E-state index contributed by atoms with van der Waals surface area (Å²) in [6, 6.07) is -6.00. The third-order valence-corrected chi connectivity index (χ3v) is 10.3. The number of carboxylic acid groups (broad SMARTS) is 1. The number of likely N-dealkylation sites (tertiary alicyclic amines) is 2. The highest BCUT2D eigenvalue weighted by Crippen LogP contribution is 2.28. The van der Waals surface area contributed by atoms with E-state index in [-0.39, 0.29) is 37.8 Å². The highest BCUT2D eigenvalue weighted by molar-refractivity contribution is 5.98. The average molecular weight is 737 g/mol. The molecule has 7 atom stereocenters. The van der Waals surface area contributed by atoms with Crippen molar-refractivity contribution < 1.29 is 48.9 Å². The molecule has 2 saturated heterocycles. The maximum Gasteiger partial charge on any atom is 0.305 e. The van der Waals surface area contributed by atoms with Gasteiger partial charge in [0.05, 0.1) is 12.5 Å². The molecule has 1 saturated carbocycles. The number of carbonyl (C=O) groups is 7. The van der Waals surface area contributed by atoms with Gasteiger partial charge in [0, 0.05) is 19.6 Å². The van der Waals surface area contributed by atoms with Crippen molar-refractivity contribution in [2.75, 3.05) is 19.6 Å². The largest absolute Gasteiger partial charge is 0.481 e. The fraction of sp³-hybridized carbons (Fsp3) is 0.806. The van der Waals surface area contributed by atoms with Crippen LogP contribution in [0.25, 0.3) is 0 Å². The standard InChI is InChI=1S/C36H60N6O10/c1-5-16-37-34(50)30(22(4)43)40-32(48)26-15-11-18-41(26)35(51)24(20-28(45)46)38-31(47)25-14-9-10-17-42(25)36(52)29(21(2)3)39-33(49)27(44)19-23-12-7-6-8-13-23/h21-27,29-30,43-44H,5-20H2,1-4H3,(H,37,50)(H,38,47)(H,39,49)(H,40,48)(H,45,46)/t22-,24+,25+,26+,27+,29+,30+/m1/s1. The van der Waals surface area contributed by atoms with Crippen LogP contribution in [0, 0.1) is 11.8 Å². The van der Waals surface area contributed by atoms with Crippen molar-refractivity contribution in [2.45, 2.75) is 154 Å². The molecule has 294 valence electrons. The molecule has 2 aliphatic heterocycles. The average Bonchev–Trinajstić information content (AvgIpc) is 3.61. The third kappa shape index (κ3) is 11.9. The van der Waals surface area contributed by atoms with Crippen LogP contribution in [0.15, 0.2) is 0 Å². The molecule has 0 unspecified atom stereocenters. The van der Waals surface area contributed by atoms with Crippen LogP contribution in [0.1, 0.15) is 111 Å². The number of aliphatic hydroxyl groups excluding tert-OH is 2. The molecule has 0 spiro atoms.